The smallest absolute Gasteiger partial charge is 0.141 e. The monoisotopic (exact) mass is 230 g/mol. The van der Waals surface area contributed by atoms with Crippen molar-refractivity contribution in [2.24, 2.45) is 5.41 Å². The van der Waals surface area contributed by atoms with Crippen molar-refractivity contribution in [1.82, 2.24) is 9.88 Å². The summed E-state index contributed by atoms with van der Waals surface area (Å²) < 4.78 is 6.24. The van der Waals surface area contributed by atoms with Crippen molar-refractivity contribution in [1.29, 1.82) is 0 Å². The highest BCUT2D eigenvalue weighted by Gasteiger charge is 2.55. The van der Waals surface area contributed by atoms with E-state index in [-0.39, 0.29) is 0 Å². The molecule has 2 bridgehead atoms. The number of aromatic nitrogens is 1. The van der Waals surface area contributed by atoms with Crippen LogP contribution < -0.4 is 4.74 Å². The van der Waals surface area contributed by atoms with Crippen molar-refractivity contribution in [2.75, 3.05) is 19.6 Å². The molecule has 3 heteroatoms. The minimum Gasteiger partial charge on any atom is -0.488 e. The third-order valence-electron chi connectivity index (χ3n) is 5.10. The molecule has 2 saturated heterocycles. The van der Waals surface area contributed by atoms with Gasteiger partial charge in [-0.1, -0.05) is 6.92 Å². The Morgan fingerprint density at radius 2 is 2.41 bits per heavy atom. The maximum Gasteiger partial charge on any atom is 0.141 e. The molecule has 4 heterocycles. The van der Waals surface area contributed by atoms with E-state index < -0.39 is 0 Å². The average molecular weight is 230 g/mol. The van der Waals surface area contributed by atoms with Crippen LogP contribution in [0.4, 0.5) is 0 Å². The zero-order chi connectivity index (χ0) is 11.5. The van der Waals surface area contributed by atoms with Gasteiger partial charge in [-0.3, -0.25) is 4.98 Å². The van der Waals surface area contributed by atoms with Gasteiger partial charge in [0.25, 0.3) is 0 Å². The Balaban J connectivity index is 1.84. The predicted molar refractivity (Wildman–Crippen MR) is 65.2 cm³/mol. The number of fused-ring (bicyclic) bond motifs is 2. The van der Waals surface area contributed by atoms with E-state index in [9.17, 15) is 0 Å². The number of hydrogen-bond acceptors (Lipinski definition) is 3. The second-order valence-corrected chi connectivity index (χ2v) is 5.76. The van der Waals surface area contributed by atoms with E-state index in [1.165, 1.54) is 38.2 Å². The molecule has 3 aliphatic rings. The van der Waals surface area contributed by atoms with Crippen molar-refractivity contribution < 1.29 is 4.74 Å². The minimum absolute atomic E-state index is 0.333. The summed E-state index contributed by atoms with van der Waals surface area (Å²) >= 11 is 0. The van der Waals surface area contributed by atoms with Crippen molar-refractivity contribution in [3.05, 3.63) is 24.0 Å². The summed E-state index contributed by atoms with van der Waals surface area (Å²) in [6.07, 6.45) is 4.76. The molecule has 17 heavy (non-hydrogen) atoms. The van der Waals surface area contributed by atoms with E-state index >= 15 is 0 Å². The maximum absolute atomic E-state index is 6.24. The van der Waals surface area contributed by atoms with Crippen LogP contribution in [-0.2, 0) is 0 Å². The molecule has 1 aromatic heterocycles. The van der Waals surface area contributed by atoms with Crippen LogP contribution in [0.2, 0.25) is 0 Å². The molecule has 1 spiro atoms. The van der Waals surface area contributed by atoms with Crippen molar-refractivity contribution >= 4 is 0 Å². The van der Waals surface area contributed by atoms with Crippen LogP contribution >= 0.6 is 0 Å². The number of pyridine rings is 1. The summed E-state index contributed by atoms with van der Waals surface area (Å²) in [5.41, 5.74) is 1.51. The van der Waals surface area contributed by atoms with Gasteiger partial charge in [-0.05, 0) is 31.5 Å². The highest BCUT2D eigenvalue weighted by Crippen LogP contribution is 2.54. The predicted octanol–water partition coefficient (Wildman–Crippen LogP) is 2.04. The molecule has 0 saturated carbocycles. The molecular weight excluding hydrogens is 212 g/mol. The Hall–Kier alpha value is -1.09. The van der Waals surface area contributed by atoms with E-state index in [0.29, 0.717) is 17.4 Å². The molecule has 0 N–H and O–H groups in total. The molecule has 1 aromatic rings. The topological polar surface area (TPSA) is 25.4 Å². The first kappa shape index (κ1) is 9.89. The number of nitrogens with zero attached hydrogens (tertiary/aromatic N) is 2. The molecule has 2 fully saturated rings. The van der Waals surface area contributed by atoms with E-state index in [1.54, 1.807) is 0 Å². The Morgan fingerprint density at radius 1 is 1.47 bits per heavy atom. The van der Waals surface area contributed by atoms with E-state index in [4.69, 9.17) is 4.74 Å². The van der Waals surface area contributed by atoms with Crippen LogP contribution in [0.3, 0.4) is 0 Å². The molecule has 3 aliphatic heterocycles. The highest BCUT2D eigenvalue weighted by atomic mass is 16.5. The molecule has 0 amide bonds. The summed E-state index contributed by atoms with van der Waals surface area (Å²) in [5, 5.41) is 0. The van der Waals surface area contributed by atoms with Gasteiger partial charge in [-0.2, -0.15) is 0 Å². The summed E-state index contributed by atoms with van der Waals surface area (Å²) in [4.78, 5) is 7.15. The van der Waals surface area contributed by atoms with Crippen LogP contribution in [-0.4, -0.2) is 35.6 Å². The van der Waals surface area contributed by atoms with Crippen LogP contribution in [0.25, 0.3) is 0 Å². The lowest BCUT2D eigenvalue weighted by molar-refractivity contribution is -0.0196. The fraction of sp³-hybridized carbons (Fsp3) is 0.643. The molecule has 4 rings (SSSR count). The third-order valence-corrected chi connectivity index (χ3v) is 5.10. The first-order valence-corrected chi connectivity index (χ1v) is 6.63. The summed E-state index contributed by atoms with van der Waals surface area (Å²) in [6, 6.07) is 4.06. The van der Waals surface area contributed by atoms with E-state index in [2.05, 4.69) is 22.9 Å². The normalized spacial score (nSPS) is 42.5. The van der Waals surface area contributed by atoms with E-state index in [0.717, 1.165) is 5.75 Å². The molecule has 4 atom stereocenters. The fourth-order valence-electron chi connectivity index (χ4n) is 4.04. The zero-order valence-electron chi connectivity index (χ0n) is 10.2. The van der Waals surface area contributed by atoms with Crippen molar-refractivity contribution in [3.63, 3.8) is 0 Å². The van der Waals surface area contributed by atoms with Crippen LogP contribution in [0.15, 0.2) is 18.3 Å². The second kappa shape index (κ2) is 3.22. The van der Waals surface area contributed by atoms with Crippen LogP contribution in [0.1, 0.15) is 31.4 Å². The third kappa shape index (κ3) is 1.18. The Bertz CT molecular complexity index is 461. The number of hydrogen-bond donors (Lipinski definition) is 0. The van der Waals surface area contributed by atoms with Gasteiger partial charge in [-0.25, -0.2) is 0 Å². The van der Waals surface area contributed by atoms with E-state index in [1.807, 2.05) is 12.3 Å². The van der Waals surface area contributed by atoms with Gasteiger partial charge in [0.15, 0.2) is 0 Å². The maximum atomic E-state index is 6.24. The Kier molecular flexibility index (Phi) is 1.88. The van der Waals surface area contributed by atoms with Gasteiger partial charge >= 0.3 is 0 Å². The van der Waals surface area contributed by atoms with Gasteiger partial charge in [0.05, 0.1) is 5.69 Å². The van der Waals surface area contributed by atoms with Gasteiger partial charge in [0.1, 0.15) is 11.9 Å². The largest absolute Gasteiger partial charge is 0.488 e. The molecule has 0 aliphatic carbocycles. The average Bonchev–Trinajstić information content (AvgIpc) is 2.71. The number of rotatable bonds is 0. The summed E-state index contributed by atoms with van der Waals surface area (Å²) in [7, 11) is 0. The van der Waals surface area contributed by atoms with Gasteiger partial charge in [0.2, 0.25) is 0 Å². The number of ether oxygens (including phenoxy) is 1. The SMILES string of the molecule is CC1c2ncccc2OC2CCN3CC[C@@]21C3. The first-order chi connectivity index (χ1) is 8.29. The Labute approximate surface area is 102 Å². The zero-order valence-corrected chi connectivity index (χ0v) is 10.2. The summed E-state index contributed by atoms with van der Waals surface area (Å²) in [5.74, 6) is 1.55. The molecule has 0 radical (unpaired) electrons. The molecule has 3 nitrogen and oxygen atoms in total. The first-order valence-electron chi connectivity index (χ1n) is 6.63. The van der Waals surface area contributed by atoms with Crippen LogP contribution in [0, 0.1) is 5.41 Å². The van der Waals surface area contributed by atoms with Gasteiger partial charge < -0.3 is 9.64 Å². The molecular formula is C14H18N2O. The lowest BCUT2D eigenvalue weighted by Gasteiger charge is -2.48. The standard InChI is InChI=1S/C14H18N2O/c1-10-13-11(3-2-6-15-13)17-12-4-7-16-8-5-14(10,12)9-16/h2-3,6,10,12H,4-5,7-9H2,1H3/t10?,12?,14-/m0/s1. The van der Waals surface area contributed by atoms with Gasteiger partial charge in [0, 0.05) is 30.6 Å². The lowest BCUT2D eigenvalue weighted by atomic mass is 9.66. The van der Waals surface area contributed by atoms with Gasteiger partial charge in [-0.15, -0.1) is 0 Å². The molecule has 3 unspecified atom stereocenters. The minimum atomic E-state index is 0.333. The second-order valence-electron chi connectivity index (χ2n) is 5.76. The highest BCUT2D eigenvalue weighted by molar-refractivity contribution is 5.36. The van der Waals surface area contributed by atoms with Crippen molar-refractivity contribution in [3.8, 4) is 5.75 Å². The molecule has 90 valence electrons. The summed E-state index contributed by atoms with van der Waals surface area (Å²) in [6.45, 7) is 5.99. The Morgan fingerprint density at radius 3 is 3.35 bits per heavy atom. The van der Waals surface area contributed by atoms with Crippen molar-refractivity contribution in [2.45, 2.75) is 31.8 Å². The quantitative estimate of drug-likeness (QED) is 0.682. The molecule has 0 aromatic carbocycles. The van der Waals surface area contributed by atoms with Crippen LogP contribution in [0.5, 0.6) is 5.75 Å². The fourth-order valence-corrected chi connectivity index (χ4v) is 4.04. The number of piperidine rings is 1. The lowest BCUT2D eigenvalue weighted by Crippen LogP contribution is -2.52.